The Kier molecular flexibility index (Phi) is 2.71. The molecule has 0 aromatic heterocycles. The van der Waals surface area contributed by atoms with E-state index in [4.69, 9.17) is 0 Å². The Morgan fingerprint density at radius 3 is 2.65 bits per heavy atom. The monoisotopic (exact) mass is 227 g/mol. The summed E-state index contributed by atoms with van der Waals surface area (Å²) in [5.41, 5.74) is 0.756. The van der Waals surface area contributed by atoms with Crippen molar-refractivity contribution in [3.8, 4) is 0 Å². The highest BCUT2D eigenvalue weighted by Crippen LogP contribution is 2.42. The van der Waals surface area contributed by atoms with Crippen molar-refractivity contribution < 1.29 is 4.79 Å². The van der Waals surface area contributed by atoms with Gasteiger partial charge in [-0.3, -0.25) is 4.79 Å². The zero-order valence-corrected chi connectivity index (χ0v) is 9.80. The molecule has 1 saturated carbocycles. The largest absolute Gasteiger partial charge is 0.352 e. The number of hydrogen-bond acceptors (Lipinski definition) is 1. The van der Waals surface area contributed by atoms with Crippen LogP contribution in [0.4, 0.5) is 0 Å². The van der Waals surface area contributed by atoms with Gasteiger partial charge in [0.15, 0.2) is 0 Å². The molecule has 2 nitrogen and oxygen atoms in total. The van der Waals surface area contributed by atoms with Crippen LogP contribution >= 0.6 is 0 Å². The quantitative estimate of drug-likeness (QED) is 0.790. The van der Waals surface area contributed by atoms with Gasteiger partial charge in [0.05, 0.1) is 0 Å². The van der Waals surface area contributed by atoms with Crippen LogP contribution in [0.1, 0.15) is 23.2 Å². The van der Waals surface area contributed by atoms with Gasteiger partial charge in [0.2, 0.25) is 0 Å². The summed E-state index contributed by atoms with van der Waals surface area (Å²) in [6.45, 7) is 0.819. The van der Waals surface area contributed by atoms with Crippen LogP contribution in [-0.2, 0) is 0 Å². The molecule has 3 atom stereocenters. The maximum atomic E-state index is 11.9. The summed E-state index contributed by atoms with van der Waals surface area (Å²) in [5.74, 6) is 2.18. The Hall–Kier alpha value is -1.57. The maximum absolute atomic E-state index is 11.9. The average molecular weight is 227 g/mol. The van der Waals surface area contributed by atoms with E-state index in [2.05, 4.69) is 17.5 Å². The molecule has 0 saturated heterocycles. The van der Waals surface area contributed by atoms with E-state index in [-0.39, 0.29) is 5.91 Å². The molecule has 17 heavy (non-hydrogen) atoms. The second kappa shape index (κ2) is 4.36. The lowest BCUT2D eigenvalue weighted by molar-refractivity contribution is 0.0945. The maximum Gasteiger partial charge on any atom is 0.251 e. The van der Waals surface area contributed by atoms with Crippen molar-refractivity contribution in [1.82, 2.24) is 5.32 Å². The summed E-state index contributed by atoms with van der Waals surface area (Å²) in [6, 6.07) is 9.44. The molecule has 0 unspecified atom stereocenters. The van der Waals surface area contributed by atoms with Crippen molar-refractivity contribution in [1.29, 1.82) is 0 Å². The van der Waals surface area contributed by atoms with E-state index >= 15 is 0 Å². The van der Waals surface area contributed by atoms with Gasteiger partial charge in [-0.1, -0.05) is 30.4 Å². The molecule has 1 aromatic rings. The van der Waals surface area contributed by atoms with Crippen molar-refractivity contribution in [2.75, 3.05) is 6.54 Å². The zero-order chi connectivity index (χ0) is 11.7. The predicted octanol–water partition coefficient (Wildman–Crippen LogP) is 2.63. The van der Waals surface area contributed by atoms with Crippen LogP contribution in [0, 0.1) is 17.8 Å². The molecule has 0 radical (unpaired) electrons. The fourth-order valence-corrected chi connectivity index (χ4v) is 3.04. The van der Waals surface area contributed by atoms with Gasteiger partial charge in [-0.25, -0.2) is 0 Å². The van der Waals surface area contributed by atoms with Crippen molar-refractivity contribution in [3.05, 3.63) is 48.0 Å². The van der Waals surface area contributed by atoms with Crippen LogP contribution in [0.3, 0.4) is 0 Å². The predicted molar refractivity (Wildman–Crippen MR) is 67.6 cm³/mol. The number of hydrogen-bond donors (Lipinski definition) is 1. The average Bonchev–Trinajstić information content (AvgIpc) is 2.99. The highest BCUT2D eigenvalue weighted by atomic mass is 16.1. The summed E-state index contributed by atoms with van der Waals surface area (Å²) in [5, 5.41) is 3.05. The van der Waals surface area contributed by atoms with Gasteiger partial charge in [-0.15, -0.1) is 0 Å². The Morgan fingerprint density at radius 2 is 2.00 bits per heavy atom. The van der Waals surface area contributed by atoms with Gasteiger partial charge < -0.3 is 5.32 Å². The SMILES string of the molecule is O=C(NC[C@@H]1C[C@H]2C=C[C@H]1C2)c1ccccc1. The molecule has 2 heteroatoms. The lowest BCUT2D eigenvalue weighted by Crippen LogP contribution is -2.30. The second-order valence-electron chi connectivity index (χ2n) is 5.12. The Balaban J connectivity index is 1.55. The van der Waals surface area contributed by atoms with Gasteiger partial charge >= 0.3 is 0 Å². The molecule has 0 heterocycles. The molecule has 88 valence electrons. The van der Waals surface area contributed by atoms with E-state index in [1.165, 1.54) is 12.8 Å². The molecule has 1 fully saturated rings. The minimum Gasteiger partial charge on any atom is -0.352 e. The highest BCUT2D eigenvalue weighted by Gasteiger charge is 2.35. The van der Waals surface area contributed by atoms with Crippen LogP contribution in [0.5, 0.6) is 0 Å². The molecule has 3 rings (SSSR count). The van der Waals surface area contributed by atoms with Crippen molar-refractivity contribution >= 4 is 5.91 Å². The van der Waals surface area contributed by atoms with E-state index in [0.717, 1.165) is 18.0 Å². The molecule has 1 amide bonds. The zero-order valence-electron chi connectivity index (χ0n) is 9.80. The third kappa shape index (κ3) is 2.12. The van der Waals surface area contributed by atoms with Crippen LogP contribution < -0.4 is 5.32 Å². The second-order valence-corrected chi connectivity index (χ2v) is 5.12. The van der Waals surface area contributed by atoms with Gasteiger partial charge in [-0.2, -0.15) is 0 Å². The first-order chi connectivity index (χ1) is 8.33. The van der Waals surface area contributed by atoms with Gasteiger partial charge in [-0.05, 0) is 42.7 Å². The molecular weight excluding hydrogens is 210 g/mol. The van der Waals surface area contributed by atoms with E-state index in [9.17, 15) is 4.79 Å². The number of rotatable bonds is 3. The fourth-order valence-electron chi connectivity index (χ4n) is 3.04. The van der Waals surface area contributed by atoms with E-state index in [0.29, 0.717) is 11.8 Å². The lowest BCUT2D eigenvalue weighted by Gasteiger charge is -2.18. The van der Waals surface area contributed by atoms with Gasteiger partial charge in [0.1, 0.15) is 0 Å². The highest BCUT2D eigenvalue weighted by molar-refractivity contribution is 5.94. The van der Waals surface area contributed by atoms with E-state index in [1.54, 1.807) is 0 Å². The Bertz CT molecular complexity index is 437. The first-order valence-corrected chi connectivity index (χ1v) is 6.34. The smallest absolute Gasteiger partial charge is 0.251 e. The number of carbonyl (C=O) groups excluding carboxylic acids is 1. The summed E-state index contributed by atoms with van der Waals surface area (Å²) in [7, 11) is 0. The number of fused-ring (bicyclic) bond motifs is 2. The summed E-state index contributed by atoms with van der Waals surface area (Å²) >= 11 is 0. The first-order valence-electron chi connectivity index (χ1n) is 6.34. The fraction of sp³-hybridized carbons (Fsp3) is 0.400. The summed E-state index contributed by atoms with van der Waals surface area (Å²) in [4.78, 5) is 11.9. The van der Waals surface area contributed by atoms with E-state index < -0.39 is 0 Å². The normalized spacial score (nSPS) is 29.5. The number of benzene rings is 1. The Morgan fingerprint density at radius 1 is 1.18 bits per heavy atom. The summed E-state index contributed by atoms with van der Waals surface area (Å²) in [6.07, 6.45) is 7.20. The molecule has 1 N–H and O–H groups in total. The minimum atomic E-state index is 0.0531. The molecule has 2 aliphatic carbocycles. The third-order valence-electron chi connectivity index (χ3n) is 3.98. The molecule has 2 bridgehead atoms. The molecule has 0 aliphatic heterocycles. The third-order valence-corrected chi connectivity index (χ3v) is 3.98. The first kappa shape index (κ1) is 10.6. The lowest BCUT2D eigenvalue weighted by atomic mass is 9.93. The Labute approximate surface area is 102 Å². The molecular formula is C15H17NO. The number of amides is 1. The number of nitrogens with one attached hydrogen (secondary N) is 1. The van der Waals surface area contributed by atoms with Gasteiger partial charge in [0.25, 0.3) is 5.91 Å². The summed E-state index contributed by atoms with van der Waals surface area (Å²) < 4.78 is 0. The van der Waals surface area contributed by atoms with Crippen LogP contribution in [0.25, 0.3) is 0 Å². The van der Waals surface area contributed by atoms with Crippen LogP contribution in [-0.4, -0.2) is 12.5 Å². The molecule has 1 aromatic carbocycles. The van der Waals surface area contributed by atoms with Crippen LogP contribution in [0.15, 0.2) is 42.5 Å². The van der Waals surface area contributed by atoms with Crippen molar-refractivity contribution in [3.63, 3.8) is 0 Å². The van der Waals surface area contributed by atoms with Crippen molar-refractivity contribution in [2.45, 2.75) is 12.8 Å². The standard InChI is InChI=1S/C15H17NO/c17-15(12-4-2-1-3-5-12)16-10-14-9-11-6-7-13(14)8-11/h1-7,11,13-14H,8-10H2,(H,16,17)/t11-,13-,14-/m0/s1. The van der Waals surface area contributed by atoms with Crippen LogP contribution in [0.2, 0.25) is 0 Å². The topological polar surface area (TPSA) is 29.1 Å². The van der Waals surface area contributed by atoms with Crippen molar-refractivity contribution in [2.24, 2.45) is 17.8 Å². The van der Waals surface area contributed by atoms with Gasteiger partial charge in [0, 0.05) is 12.1 Å². The number of carbonyl (C=O) groups is 1. The minimum absolute atomic E-state index is 0.0531. The van der Waals surface area contributed by atoms with E-state index in [1.807, 2.05) is 30.3 Å². The number of allylic oxidation sites excluding steroid dienone is 2. The molecule has 2 aliphatic rings. The molecule has 0 spiro atoms.